The van der Waals surface area contributed by atoms with Crippen molar-refractivity contribution >= 4 is 5.91 Å². The van der Waals surface area contributed by atoms with E-state index in [4.69, 9.17) is 5.73 Å². The second kappa shape index (κ2) is 4.52. The molecule has 1 saturated carbocycles. The molecule has 0 bridgehead atoms. The number of nitrogens with zero attached hydrogens (tertiary/aromatic N) is 1. The van der Waals surface area contributed by atoms with E-state index in [1.54, 1.807) is 0 Å². The molecule has 3 nitrogen and oxygen atoms in total. The van der Waals surface area contributed by atoms with Crippen LogP contribution >= 0.6 is 0 Å². The second-order valence-electron chi connectivity index (χ2n) is 5.66. The van der Waals surface area contributed by atoms with Gasteiger partial charge in [-0.05, 0) is 25.3 Å². The minimum Gasteiger partial charge on any atom is -0.342 e. The van der Waals surface area contributed by atoms with Gasteiger partial charge in [-0.2, -0.15) is 0 Å². The summed E-state index contributed by atoms with van der Waals surface area (Å²) in [5.74, 6) is 0.731. The van der Waals surface area contributed by atoms with Crippen molar-refractivity contribution in [1.82, 2.24) is 4.90 Å². The fraction of sp³-hybridized carbons (Fsp3) is 0.917. The maximum absolute atomic E-state index is 12.1. The number of nitrogens with two attached hydrogens (primary N) is 1. The SMILES string of the molecule is CN(C(=O)C(C)(C)C)C1CCCC1CN. The maximum Gasteiger partial charge on any atom is 0.227 e. The summed E-state index contributed by atoms with van der Waals surface area (Å²) >= 11 is 0. The summed E-state index contributed by atoms with van der Waals surface area (Å²) in [5, 5.41) is 0. The molecule has 0 saturated heterocycles. The molecule has 0 spiro atoms. The minimum absolute atomic E-state index is 0.229. The van der Waals surface area contributed by atoms with Crippen molar-refractivity contribution in [3.05, 3.63) is 0 Å². The molecule has 0 aromatic rings. The van der Waals surface area contributed by atoms with Gasteiger partial charge in [0.15, 0.2) is 0 Å². The molecule has 1 aliphatic rings. The number of rotatable bonds is 2. The molecule has 2 unspecified atom stereocenters. The first-order valence-electron chi connectivity index (χ1n) is 5.85. The fourth-order valence-electron chi connectivity index (χ4n) is 2.48. The summed E-state index contributed by atoms with van der Waals surface area (Å²) in [7, 11) is 1.92. The molecule has 15 heavy (non-hydrogen) atoms. The third kappa shape index (κ3) is 2.71. The molecular weight excluding hydrogens is 188 g/mol. The highest BCUT2D eigenvalue weighted by Gasteiger charge is 2.35. The van der Waals surface area contributed by atoms with Crippen LogP contribution in [-0.2, 0) is 4.79 Å². The standard InChI is InChI=1S/C12H24N2O/c1-12(2,3)11(15)14(4)10-7-5-6-9(10)8-13/h9-10H,5-8,13H2,1-4H3. The van der Waals surface area contributed by atoms with Crippen LogP contribution in [0.25, 0.3) is 0 Å². The summed E-state index contributed by atoms with van der Waals surface area (Å²) in [6.07, 6.45) is 3.48. The predicted molar refractivity (Wildman–Crippen MR) is 62.4 cm³/mol. The van der Waals surface area contributed by atoms with Crippen LogP contribution in [0.15, 0.2) is 0 Å². The van der Waals surface area contributed by atoms with E-state index < -0.39 is 0 Å². The van der Waals surface area contributed by atoms with Gasteiger partial charge >= 0.3 is 0 Å². The zero-order chi connectivity index (χ0) is 11.6. The second-order valence-corrected chi connectivity index (χ2v) is 5.66. The van der Waals surface area contributed by atoms with E-state index in [0.717, 1.165) is 6.42 Å². The Kier molecular flexibility index (Phi) is 3.77. The third-order valence-electron chi connectivity index (χ3n) is 3.38. The van der Waals surface area contributed by atoms with E-state index in [0.29, 0.717) is 18.5 Å². The summed E-state index contributed by atoms with van der Waals surface area (Å²) in [6, 6.07) is 0.363. The lowest BCUT2D eigenvalue weighted by Gasteiger charge is -2.33. The van der Waals surface area contributed by atoms with E-state index in [1.165, 1.54) is 12.8 Å². The van der Waals surface area contributed by atoms with Gasteiger partial charge in [0, 0.05) is 18.5 Å². The number of amides is 1. The molecule has 0 aliphatic heterocycles. The summed E-state index contributed by atoms with van der Waals surface area (Å²) in [6.45, 7) is 6.61. The van der Waals surface area contributed by atoms with Crippen LogP contribution in [0.2, 0.25) is 0 Å². The van der Waals surface area contributed by atoms with Gasteiger partial charge < -0.3 is 10.6 Å². The monoisotopic (exact) mass is 212 g/mol. The Bertz CT molecular complexity index is 232. The van der Waals surface area contributed by atoms with E-state index in [-0.39, 0.29) is 11.3 Å². The molecule has 1 amide bonds. The lowest BCUT2D eigenvalue weighted by Crippen LogP contribution is -2.46. The average molecular weight is 212 g/mol. The number of carbonyl (C=O) groups excluding carboxylic acids is 1. The Labute approximate surface area is 93.0 Å². The minimum atomic E-state index is -0.281. The van der Waals surface area contributed by atoms with E-state index >= 15 is 0 Å². The molecule has 1 fully saturated rings. The zero-order valence-electron chi connectivity index (χ0n) is 10.4. The maximum atomic E-state index is 12.1. The largest absolute Gasteiger partial charge is 0.342 e. The van der Waals surface area contributed by atoms with Crippen LogP contribution in [0.1, 0.15) is 40.0 Å². The molecule has 1 aliphatic carbocycles. The fourth-order valence-corrected chi connectivity index (χ4v) is 2.48. The lowest BCUT2D eigenvalue weighted by atomic mass is 9.92. The van der Waals surface area contributed by atoms with Crippen molar-refractivity contribution in [1.29, 1.82) is 0 Å². The zero-order valence-corrected chi connectivity index (χ0v) is 10.4. The van der Waals surface area contributed by atoms with Crippen LogP contribution < -0.4 is 5.73 Å². The van der Waals surface area contributed by atoms with Crippen molar-refractivity contribution in [3.63, 3.8) is 0 Å². The van der Waals surface area contributed by atoms with Gasteiger partial charge in [0.2, 0.25) is 5.91 Å². The topological polar surface area (TPSA) is 46.3 Å². The molecule has 1 rings (SSSR count). The number of hydrogen-bond donors (Lipinski definition) is 1. The van der Waals surface area contributed by atoms with Crippen LogP contribution in [0.3, 0.4) is 0 Å². The van der Waals surface area contributed by atoms with Gasteiger partial charge in [0.25, 0.3) is 0 Å². The van der Waals surface area contributed by atoms with Crippen LogP contribution in [0.5, 0.6) is 0 Å². The number of carbonyl (C=O) groups is 1. The van der Waals surface area contributed by atoms with E-state index in [1.807, 2.05) is 32.7 Å². The molecule has 0 heterocycles. The van der Waals surface area contributed by atoms with Crippen molar-refractivity contribution < 1.29 is 4.79 Å². The lowest BCUT2D eigenvalue weighted by molar-refractivity contribution is -0.140. The smallest absolute Gasteiger partial charge is 0.227 e. The van der Waals surface area contributed by atoms with Gasteiger partial charge in [0.1, 0.15) is 0 Å². The first-order chi connectivity index (χ1) is 6.88. The highest BCUT2D eigenvalue weighted by Crippen LogP contribution is 2.30. The summed E-state index contributed by atoms with van der Waals surface area (Å²) in [4.78, 5) is 14.0. The van der Waals surface area contributed by atoms with Crippen molar-refractivity contribution in [3.8, 4) is 0 Å². The van der Waals surface area contributed by atoms with E-state index in [2.05, 4.69) is 0 Å². The van der Waals surface area contributed by atoms with Gasteiger partial charge in [-0.25, -0.2) is 0 Å². The molecule has 0 aromatic carbocycles. The summed E-state index contributed by atoms with van der Waals surface area (Å²) in [5.41, 5.74) is 5.45. The van der Waals surface area contributed by atoms with Gasteiger partial charge in [-0.1, -0.05) is 27.2 Å². The third-order valence-corrected chi connectivity index (χ3v) is 3.38. The Morgan fingerprint density at radius 2 is 2.00 bits per heavy atom. The Morgan fingerprint density at radius 1 is 1.40 bits per heavy atom. The first-order valence-corrected chi connectivity index (χ1v) is 5.85. The predicted octanol–water partition coefficient (Wildman–Crippen LogP) is 1.62. The quantitative estimate of drug-likeness (QED) is 0.756. The van der Waals surface area contributed by atoms with Gasteiger partial charge in [0.05, 0.1) is 0 Å². The molecule has 0 radical (unpaired) electrons. The summed E-state index contributed by atoms with van der Waals surface area (Å²) < 4.78 is 0. The van der Waals surface area contributed by atoms with Crippen molar-refractivity contribution in [2.45, 2.75) is 46.1 Å². The highest BCUT2D eigenvalue weighted by molar-refractivity contribution is 5.81. The number of hydrogen-bond acceptors (Lipinski definition) is 2. The highest BCUT2D eigenvalue weighted by atomic mass is 16.2. The van der Waals surface area contributed by atoms with Crippen LogP contribution in [0.4, 0.5) is 0 Å². The van der Waals surface area contributed by atoms with Crippen molar-refractivity contribution in [2.75, 3.05) is 13.6 Å². The molecular formula is C12H24N2O. The normalized spacial score (nSPS) is 26.7. The molecule has 0 aromatic heterocycles. The van der Waals surface area contributed by atoms with E-state index in [9.17, 15) is 4.79 Å². The molecule has 2 atom stereocenters. The molecule has 2 N–H and O–H groups in total. The molecule has 3 heteroatoms. The van der Waals surface area contributed by atoms with Gasteiger partial charge in [-0.15, -0.1) is 0 Å². The Morgan fingerprint density at radius 3 is 2.47 bits per heavy atom. The van der Waals surface area contributed by atoms with Gasteiger partial charge in [-0.3, -0.25) is 4.79 Å². The van der Waals surface area contributed by atoms with Crippen LogP contribution in [0, 0.1) is 11.3 Å². The van der Waals surface area contributed by atoms with Crippen molar-refractivity contribution in [2.24, 2.45) is 17.1 Å². The van der Waals surface area contributed by atoms with Crippen LogP contribution in [-0.4, -0.2) is 30.4 Å². The first kappa shape index (κ1) is 12.5. The average Bonchev–Trinajstić information content (AvgIpc) is 2.61. The molecule has 88 valence electrons. The Balaban J connectivity index is 2.67. The Hall–Kier alpha value is -0.570.